The maximum Gasteiger partial charge on any atom is 0.301 e. The van der Waals surface area contributed by atoms with Crippen LogP contribution in [0.15, 0.2) is 46.2 Å². The number of benzene rings is 1. The van der Waals surface area contributed by atoms with Crippen LogP contribution in [0.2, 0.25) is 0 Å². The largest absolute Gasteiger partial charge is 0.451 e. The molecule has 0 bridgehead atoms. The summed E-state index contributed by atoms with van der Waals surface area (Å²) in [5.74, 6) is 5.57. The van der Waals surface area contributed by atoms with Gasteiger partial charge in [-0.15, -0.1) is 0 Å². The first-order valence-electron chi connectivity index (χ1n) is 5.93. The van der Waals surface area contributed by atoms with Crippen molar-refractivity contribution in [3.05, 3.63) is 48.0 Å². The molecule has 4 N–H and O–H groups in total. The third-order valence-electron chi connectivity index (χ3n) is 2.86. The number of nitrogens with two attached hydrogens (primary N) is 1. The van der Waals surface area contributed by atoms with Crippen molar-refractivity contribution >= 4 is 28.6 Å². The van der Waals surface area contributed by atoms with Crippen molar-refractivity contribution in [2.75, 3.05) is 0 Å². The molecule has 0 saturated heterocycles. The summed E-state index contributed by atoms with van der Waals surface area (Å²) >= 11 is 1.49. The normalized spacial score (nSPS) is 10.8. The van der Waals surface area contributed by atoms with Crippen LogP contribution in [0.5, 0.6) is 0 Å². The molecule has 0 aliphatic carbocycles. The lowest BCUT2D eigenvalue weighted by Crippen LogP contribution is -2.30. The summed E-state index contributed by atoms with van der Waals surface area (Å²) in [7, 11) is 0. The zero-order valence-electron chi connectivity index (χ0n) is 10.4. The SMILES string of the molecule is NNC(=O)c1oc2ccccc2c1CSc1ncc[nH]1. The topological polar surface area (TPSA) is 96.9 Å². The number of para-hydroxylation sites is 1. The zero-order valence-corrected chi connectivity index (χ0v) is 11.2. The van der Waals surface area contributed by atoms with E-state index in [2.05, 4.69) is 15.4 Å². The van der Waals surface area contributed by atoms with Crippen LogP contribution >= 0.6 is 11.8 Å². The van der Waals surface area contributed by atoms with Crippen LogP contribution in [0, 0.1) is 0 Å². The van der Waals surface area contributed by atoms with Gasteiger partial charge < -0.3 is 9.40 Å². The van der Waals surface area contributed by atoms with Gasteiger partial charge in [0.05, 0.1) is 0 Å². The molecule has 1 aromatic carbocycles. The number of rotatable bonds is 4. The maximum atomic E-state index is 11.8. The van der Waals surface area contributed by atoms with E-state index in [1.807, 2.05) is 24.3 Å². The highest BCUT2D eigenvalue weighted by Crippen LogP contribution is 2.30. The van der Waals surface area contributed by atoms with Gasteiger partial charge in [-0.1, -0.05) is 30.0 Å². The van der Waals surface area contributed by atoms with Gasteiger partial charge in [-0.25, -0.2) is 10.8 Å². The Morgan fingerprint density at radius 2 is 2.30 bits per heavy atom. The number of nitrogens with zero attached hydrogens (tertiary/aromatic N) is 1. The van der Waals surface area contributed by atoms with Crippen LogP contribution < -0.4 is 11.3 Å². The molecule has 3 rings (SSSR count). The molecule has 0 fully saturated rings. The molecule has 0 atom stereocenters. The van der Waals surface area contributed by atoms with Gasteiger partial charge in [-0.3, -0.25) is 10.2 Å². The number of hydrogen-bond acceptors (Lipinski definition) is 5. The van der Waals surface area contributed by atoms with E-state index < -0.39 is 5.91 Å². The van der Waals surface area contributed by atoms with Crippen LogP contribution in [0.4, 0.5) is 0 Å². The number of imidazole rings is 1. The highest BCUT2D eigenvalue weighted by molar-refractivity contribution is 7.98. The summed E-state index contributed by atoms with van der Waals surface area (Å²) in [6.45, 7) is 0. The Bertz CT molecular complexity index is 736. The third-order valence-corrected chi connectivity index (χ3v) is 3.79. The molecule has 2 aromatic heterocycles. The number of nitrogens with one attached hydrogen (secondary N) is 2. The molecule has 7 heteroatoms. The van der Waals surface area contributed by atoms with Crippen LogP contribution in [0.3, 0.4) is 0 Å². The zero-order chi connectivity index (χ0) is 13.9. The van der Waals surface area contributed by atoms with Crippen molar-refractivity contribution in [2.45, 2.75) is 10.9 Å². The van der Waals surface area contributed by atoms with Crippen molar-refractivity contribution in [3.8, 4) is 0 Å². The summed E-state index contributed by atoms with van der Waals surface area (Å²) in [5, 5.41) is 1.69. The Hall–Kier alpha value is -2.25. The summed E-state index contributed by atoms with van der Waals surface area (Å²) < 4.78 is 5.59. The van der Waals surface area contributed by atoms with E-state index >= 15 is 0 Å². The number of H-pyrrole nitrogens is 1. The molecule has 6 nitrogen and oxygen atoms in total. The smallest absolute Gasteiger partial charge is 0.301 e. The van der Waals surface area contributed by atoms with Gasteiger partial charge in [0.15, 0.2) is 10.9 Å². The van der Waals surface area contributed by atoms with E-state index in [1.165, 1.54) is 11.8 Å². The quantitative estimate of drug-likeness (QED) is 0.295. The Balaban J connectivity index is 1.99. The average molecular weight is 288 g/mol. The molecule has 0 unspecified atom stereocenters. The van der Waals surface area contributed by atoms with E-state index in [1.54, 1.807) is 12.4 Å². The lowest BCUT2D eigenvalue weighted by molar-refractivity contribution is 0.0927. The Morgan fingerprint density at radius 3 is 3.05 bits per heavy atom. The molecule has 0 spiro atoms. The number of carbonyl (C=O) groups excluding carboxylic acids is 1. The van der Waals surface area contributed by atoms with Gasteiger partial charge in [0.25, 0.3) is 0 Å². The lowest BCUT2D eigenvalue weighted by atomic mass is 10.1. The van der Waals surface area contributed by atoms with Crippen molar-refractivity contribution in [1.82, 2.24) is 15.4 Å². The maximum absolute atomic E-state index is 11.8. The molecular weight excluding hydrogens is 276 g/mol. The fourth-order valence-corrected chi connectivity index (χ4v) is 2.82. The average Bonchev–Trinajstić information content (AvgIpc) is 3.11. The van der Waals surface area contributed by atoms with Gasteiger partial charge in [-0.2, -0.15) is 0 Å². The fraction of sp³-hybridized carbons (Fsp3) is 0.0769. The Labute approximate surface area is 118 Å². The highest BCUT2D eigenvalue weighted by atomic mass is 32.2. The number of carbonyl (C=O) groups is 1. The van der Waals surface area contributed by atoms with E-state index in [4.69, 9.17) is 10.3 Å². The van der Waals surface area contributed by atoms with Crippen molar-refractivity contribution in [1.29, 1.82) is 0 Å². The number of amides is 1. The first-order chi connectivity index (χ1) is 9.79. The van der Waals surface area contributed by atoms with Gasteiger partial charge in [-0.05, 0) is 6.07 Å². The Kier molecular flexibility index (Phi) is 3.44. The monoisotopic (exact) mass is 288 g/mol. The van der Waals surface area contributed by atoms with Gasteiger partial charge in [0.1, 0.15) is 5.58 Å². The lowest BCUT2D eigenvalue weighted by Gasteiger charge is -2.00. The molecule has 0 radical (unpaired) electrons. The minimum atomic E-state index is -0.434. The predicted molar refractivity (Wildman–Crippen MR) is 76.0 cm³/mol. The van der Waals surface area contributed by atoms with Gasteiger partial charge >= 0.3 is 5.91 Å². The van der Waals surface area contributed by atoms with Crippen LogP contribution in [0.1, 0.15) is 16.1 Å². The minimum absolute atomic E-state index is 0.243. The number of hydrazine groups is 1. The van der Waals surface area contributed by atoms with E-state index in [-0.39, 0.29) is 5.76 Å². The highest BCUT2D eigenvalue weighted by Gasteiger charge is 2.19. The molecule has 3 aromatic rings. The summed E-state index contributed by atoms with van der Waals surface area (Å²) in [4.78, 5) is 19.0. The second-order valence-electron chi connectivity index (χ2n) is 4.06. The number of aromatic nitrogens is 2. The van der Waals surface area contributed by atoms with Crippen LogP contribution in [-0.4, -0.2) is 15.9 Å². The number of fused-ring (bicyclic) bond motifs is 1. The number of thioether (sulfide) groups is 1. The number of furan rings is 1. The molecule has 102 valence electrons. The third kappa shape index (κ3) is 2.28. The van der Waals surface area contributed by atoms with Crippen molar-refractivity contribution in [2.24, 2.45) is 5.84 Å². The number of aromatic amines is 1. The van der Waals surface area contributed by atoms with E-state index in [9.17, 15) is 4.79 Å². The van der Waals surface area contributed by atoms with Gasteiger partial charge in [0, 0.05) is 29.1 Å². The van der Waals surface area contributed by atoms with E-state index in [0.717, 1.165) is 16.1 Å². The van der Waals surface area contributed by atoms with Crippen molar-refractivity contribution < 1.29 is 9.21 Å². The summed E-state index contributed by atoms with van der Waals surface area (Å²) in [6, 6.07) is 7.51. The first-order valence-corrected chi connectivity index (χ1v) is 6.91. The predicted octanol–water partition coefficient (Wildman–Crippen LogP) is 2.05. The first kappa shape index (κ1) is 12.8. The van der Waals surface area contributed by atoms with Crippen LogP contribution in [-0.2, 0) is 5.75 Å². The summed E-state index contributed by atoms with van der Waals surface area (Å²) in [5.41, 5.74) is 3.59. The second kappa shape index (κ2) is 5.40. The van der Waals surface area contributed by atoms with Gasteiger partial charge in [0.2, 0.25) is 0 Å². The summed E-state index contributed by atoms with van der Waals surface area (Å²) in [6.07, 6.45) is 3.44. The molecule has 2 heterocycles. The van der Waals surface area contributed by atoms with E-state index in [0.29, 0.717) is 11.3 Å². The Morgan fingerprint density at radius 1 is 1.45 bits per heavy atom. The molecule has 0 saturated carbocycles. The number of hydrogen-bond donors (Lipinski definition) is 3. The molecule has 0 aliphatic rings. The number of nitrogen functional groups attached to an aromatic ring is 1. The second-order valence-corrected chi connectivity index (χ2v) is 5.03. The standard InChI is InChI=1S/C13H12N4O2S/c14-17-12(18)11-9(7-20-13-15-5-6-16-13)8-3-1-2-4-10(8)19-11/h1-6H,7,14H2,(H,15,16)(H,17,18). The molecule has 0 aliphatic heterocycles. The fourth-order valence-electron chi connectivity index (χ4n) is 1.96. The molecular formula is C13H12N4O2S. The van der Waals surface area contributed by atoms with Crippen LogP contribution in [0.25, 0.3) is 11.0 Å². The molecule has 20 heavy (non-hydrogen) atoms. The minimum Gasteiger partial charge on any atom is -0.451 e. The van der Waals surface area contributed by atoms with Crippen molar-refractivity contribution in [3.63, 3.8) is 0 Å². The molecule has 1 amide bonds.